The van der Waals surface area contributed by atoms with Crippen molar-refractivity contribution in [2.24, 2.45) is 0 Å². The number of hydrogen-bond acceptors (Lipinski definition) is 2. The Labute approximate surface area is 125 Å². The maximum absolute atomic E-state index is 10.3. The van der Waals surface area contributed by atoms with Crippen LogP contribution < -0.4 is 0 Å². The Bertz CT molecular complexity index is 185. The predicted molar refractivity (Wildman–Crippen MR) is 74.2 cm³/mol. The van der Waals surface area contributed by atoms with Gasteiger partial charge in [-0.25, -0.2) is 8.42 Å². The topological polar surface area (TPSA) is 34.1 Å². The van der Waals surface area contributed by atoms with Gasteiger partial charge < -0.3 is 0 Å². The Kier molecular flexibility index (Phi) is 19.2. The Morgan fingerprint density at radius 3 is 1.44 bits per heavy atom. The maximum atomic E-state index is 10.3. The van der Waals surface area contributed by atoms with E-state index in [1.807, 2.05) is 0 Å². The van der Waals surface area contributed by atoms with Crippen molar-refractivity contribution >= 4 is 40.3 Å². The van der Waals surface area contributed by atoms with Crippen LogP contribution >= 0.6 is 0 Å². The van der Waals surface area contributed by atoms with Crippen molar-refractivity contribution in [1.29, 1.82) is 0 Å². The van der Waals surface area contributed by atoms with Crippen LogP contribution in [0.1, 0.15) is 71.1 Å². The predicted octanol–water partition coefficient (Wildman–Crippen LogP) is 2.87. The van der Waals surface area contributed by atoms with E-state index in [4.69, 9.17) is 0 Å². The standard InChI is InChI=1S/C12H26O2S.Na.H/c1-2-3-4-5-6-7-8-9-10-11-12-15(13)14;;/h15H,2-12H2,1H3;;. The van der Waals surface area contributed by atoms with Crippen molar-refractivity contribution in [1.82, 2.24) is 0 Å². The average molecular weight is 258 g/mol. The monoisotopic (exact) mass is 258 g/mol. The summed E-state index contributed by atoms with van der Waals surface area (Å²) in [6, 6.07) is 0. The molecule has 16 heavy (non-hydrogen) atoms. The minimum absolute atomic E-state index is 0. The van der Waals surface area contributed by atoms with E-state index in [1.165, 1.54) is 51.4 Å². The zero-order chi connectivity index (χ0) is 11.4. The van der Waals surface area contributed by atoms with Crippen molar-refractivity contribution in [2.75, 3.05) is 5.75 Å². The summed E-state index contributed by atoms with van der Waals surface area (Å²) in [5.74, 6) is 0.381. The van der Waals surface area contributed by atoms with Crippen molar-refractivity contribution in [3.63, 3.8) is 0 Å². The molecule has 0 heterocycles. The van der Waals surface area contributed by atoms with Crippen LogP contribution in [-0.4, -0.2) is 43.7 Å². The molecular formula is C12H27NaO2S. The summed E-state index contributed by atoms with van der Waals surface area (Å²) in [5.41, 5.74) is 0. The molecule has 0 atom stereocenters. The van der Waals surface area contributed by atoms with Gasteiger partial charge in [-0.2, -0.15) is 0 Å². The van der Waals surface area contributed by atoms with Crippen LogP contribution in [0.3, 0.4) is 0 Å². The second kappa shape index (κ2) is 16.0. The summed E-state index contributed by atoms with van der Waals surface area (Å²) in [4.78, 5) is 0. The van der Waals surface area contributed by atoms with Crippen LogP contribution in [0.15, 0.2) is 0 Å². The molecule has 0 amide bonds. The Morgan fingerprint density at radius 1 is 0.688 bits per heavy atom. The van der Waals surface area contributed by atoms with Gasteiger partial charge in [0.1, 0.15) is 10.7 Å². The van der Waals surface area contributed by atoms with E-state index >= 15 is 0 Å². The van der Waals surface area contributed by atoms with Gasteiger partial charge >= 0.3 is 29.6 Å². The number of thiol groups is 1. The van der Waals surface area contributed by atoms with Gasteiger partial charge in [0.05, 0.1) is 0 Å². The summed E-state index contributed by atoms with van der Waals surface area (Å²) in [7, 11) is -2.14. The van der Waals surface area contributed by atoms with E-state index in [-0.39, 0.29) is 29.6 Å². The molecular weight excluding hydrogens is 231 g/mol. The molecule has 0 radical (unpaired) electrons. The second-order valence-corrected chi connectivity index (χ2v) is 5.35. The van der Waals surface area contributed by atoms with E-state index in [9.17, 15) is 8.42 Å². The quantitative estimate of drug-likeness (QED) is 0.351. The van der Waals surface area contributed by atoms with Crippen LogP contribution in [0, 0.1) is 0 Å². The van der Waals surface area contributed by atoms with E-state index in [2.05, 4.69) is 6.92 Å². The molecule has 4 heteroatoms. The normalized spacial score (nSPS) is 10.4. The average Bonchev–Trinajstić information content (AvgIpc) is 2.20. The van der Waals surface area contributed by atoms with Crippen LogP contribution in [0.5, 0.6) is 0 Å². The molecule has 0 aromatic heterocycles. The van der Waals surface area contributed by atoms with Gasteiger partial charge in [0.15, 0.2) is 0 Å². The van der Waals surface area contributed by atoms with Gasteiger partial charge in [0.25, 0.3) is 0 Å². The first-order chi connectivity index (χ1) is 7.27. The fraction of sp³-hybridized carbons (Fsp3) is 1.00. The van der Waals surface area contributed by atoms with Gasteiger partial charge in [0, 0.05) is 5.75 Å². The molecule has 0 aliphatic carbocycles. The van der Waals surface area contributed by atoms with E-state index < -0.39 is 10.7 Å². The summed E-state index contributed by atoms with van der Waals surface area (Å²) in [6.45, 7) is 2.24. The van der Waals surface area contributed by atoms with Crippen LogP contribution in [0.4, 0.5) is 0 Å². The summed E-state index contributed by atoms with van der Waals surface area (Å²) < 4.78 is 20.5. The first-order valence-electron chi connectivity index (χ1n) is 6.39. The molecule has 0 spiro atoms. The molecule has 0 bridgehead atoms. The molecule has 0 aromatic rings. The van der Waals surface area contributed by atoms with Crippen molar-refractivity contribution in [3.8, 4) is 0 Å². The Balaban J connectivity index is 0. The van der Waals surface area contributed by atoms with Gasteiger partial charge in [0.2, 0.25) is 0 Å². The molecule has 94 valence electrons. The fourth-order valence-corrected chi connectivity index (χ4v) is 2.21. The molecule has 0 fully saturated rings. The van der Waals surface area contributed by atoms with Gasteiger partial charge in [-0.05, 0) is 6.42 Å². The molecule has 0 unspecified atom stereocenters. The van der Waals surface area contributed by atoms with Crippen molar-refractivity contribution in [3.05, 3.63) is 0 Å². The van der Waals surface area contributed by atoms with Crippen molar-refractivity contribution in [2.45, 2.75) is 71.1 Å². The summed E-state index contributed by atoms with van der Waals surface area (Å²) >= 11 is 0. The third-order valence-corrected chi connectivity index (χ3v) is 3.38. The van der Waals surface area contributed by atoms with Crippen molar-refractivity contribution < 1.29 is 8.42 Å². The molecule has 0 aromatic carbocycles. The van der Waals surface area contributed by atoms with E-state index in [0.717, 1.165) is 12.8 Å². The first kappa shape index (κ1) is 19.3. The molecule has 0 saturated heterocycles. The molecule has 0 rings (SSSR count). The second-order valence-electron chi connectivity index (χ2n) is 4.24. The van der Waals surface area contributed by atoms with E-state index in [1.54, 1.807) is 0 Å². The molecule has 2 nitrogen and oxygen atoms in total. The zero-order valence-electron chi connectivity index (χ0n) is 10.0. The summed E-state index contributed by atoms with van der Waals surface area (Å²) in [6.07, 6.45) is 12.5. The van der Waals surface area contributed by atoms with Crippen LogP contribution in [0.25, 0.3) is 0 Å². The Hall–Kier alpha value is 0.950. The van der Waals surface area contributed by atoms with Crippen LogP contribution in [-0.2, 0) is 10.7 Å². The minimum atomic E-state index is -2.14. The van der Waals surface area contributed by atoms with E-state index in [0.29, 0.717) is 5.75 Å². The zero-order valence-corrected chi connectivity index (χ0v) is 10.9. The third-order valence-electron chi connectivity index (χ3n) is 2.69. The summed E-state index contributed by atoms with van der Waals surface area (Å²) in [5, 5.41) is 0. The number of hydrogen-bond donors (Lipinski definition) is 1. The molecule has 0 N–H and O–H groups in total. The van der Waals surface area contributed by atoms with Crippen LogP contribution in [0.2, 0.25) is 0 Å². The fourth-order valence-electron chi connectivity index (χ4n) is 1.73. The first-order valence-corrected chi connectivity index (χ1v) is 7.75. The van der Waals surface area contributed by atoms with Gasteiger partial charge in [-0.15, -0.1) is 0 Å². The molecule has 0 aliphatic rings. The molecule has 0 aliphatic heterocycles. The SMILES string of the molecule is CCCCCCCCCCCC[SH](=O)=O.[NaH]. The third kappa shape index (κ3) is 17.3. The van der Waals surface area contributed by atoms with Gasteiger partial charge in [-0.1, -0.05) is 64.7 Å². The Morgan fingerprint density at radius 2 is 1.06 bits per heavy atom. The number of rotatable bonds is 11. The van der Waals surface area contributed by atoms with Gasteiger partial charge in [-0.3, -0.25) is 0 Å². The molecule has 0 saturated carbocycles. The number of unbranched alkanes of at least 4 members (excludes halogenated alkanes) is 9.